The lowest BCUT2D eigenvalue weighted by molar-refractivity contribution is -0.112. The van der Waals surface area contributed by atoms with E-state index < -0.39 is 5.91 Å². The van der Waals surface area contributed by atoms with Crippen molar-refractivity contribution in [1.29, 1.82) is 10.5 Å². The number of thiophene rings is 1. The first-order valence-corrected chi connectivity index (χ1v) is 9.69. The molecule has 0 bridgehead atoms. The third-order valence-corrected chi connectivity index (χ3v) is 5.60. The van der Waals surface area contributed by atoms with Crippen molar-refractivity contribution in [3.8, 4) is 17.9 Å². The average Bonchev–Trinajstić information content (AvgIpc) is 3.04. The minimum Gasteiger partial charge on any atom is -0.493 e. The number of anilines is 1. The molecule has 0 spiro atoms. The van der Waals surface area contributed by atoms with E-state index in [1.54, 1.807) is 12.1 Å². The van der Waals surface area contributed by atoms with Gasteiger partial charge in [-0.3, -0.25) is 4.79 Å². The van der Waals surface area contributed by atoms with E-state index in [2.05, 4.69) is 11.4 Å². The summed E-state index contributed by atoms with van der Waals surface area (Å²) >= 11 is 1.44. The van der Waals surface area contributed by atoms with Gasteiger partial charge in [0.25, 0.3) is 5.91 Å². The Hall–Kier alpha value is -3.09. The van der Waals surface area contributed by atoms with Crippen LogP contribution < -0.4 is 10.1 Å². The summed E-state index contributed by atoms with van der Waals surface area (Å²) in [6.45, 7) is 2.37. The van der Waals surface area contributed by atoms with Gasteiger partial charge in [-0.15, -0.1) is 11.3 Å². The van der Waals surface area contributed by atoms with Gasteiger partial charge in [-0.25, -0.2) is 0 Å². The molecule has 1 heterocycles. The molecule has 0 atom stereocenters. The van der Waals surface area contributed by atoms with Crippen LogP contribution in [-0.2, 0) is 17.6 Å². The number of fused-ring (bicyclic) bond motifs is 1. The van der Waals surface area contributed by atoms with Gasteiger partial charge in [0, 0.05) is 10.4 Å². The van der Waals surface area contributed by atoms with Gasteiger partial charge in [-0.1, -0.05) is 18.2 Å². The zero-order valence-corrected chi connectivity index (χ0v) is 15.9. The van der Waals surface area contributed by atoms with Gasteiger partial charge in [0.15, 0.2) is 0 Å². The van der Waals surface area contributed by atoms with Gasteiger partial charge in [0.05, 0.1) is 12.2 Å². The minimum absolute atomic E-state index is 0.0302. The Morgan fingerprint density at radius 2 is 2.07 bits per heavy atom. The van der Waals surface area contributed by atoms with Crippen molar-refractivity contribution < 1.29 is 9.53 Å². The Balaban J connectivity index is 1.88. The van der Waals surface area contributed by atoms with E-state index in [4.69, 9.17) is 4.74 Å². The van der Waals surface area contributed by atoms with Crippen LogP contribution in [0, 0.1) is 22.7 Å². The Kier molecular flexibility index (Phi) is 5.90. The molecular formula is C21H19N3O2S. The molecule has 5 nitrogen and oxygen atoms in total. The monoisotopic (exact) mass is 377 g/mol. The summed E-state index contributed by atoms with van der Waals surface area (Å²) in [7, 11) is 0. The van der Waals surface area contributed by atoms with Gasteiger partial charge in [0.2, 0.25) is 0 Å². The third kappa shape index (κ3) is 4.02. The smallest absolute Gasteiger partial charge is 0.266 e. The van der Waals surface area contributed by atoms with E-state index in [0.717, 1.165) is 36.1 Å². The molecule has 0 aliphatic heterocycles. The summed E-state index contributed by atoms with van der Waals surface area (Å²) in [5.74, 6) is 0.101. The molecule has 0 saturated carbocycles. The number of ether oxygens (including phenoxy) is 1. The number of benzene rings is 1. The molecule has 6 heteroatoms. The van der Waals surface area contributed by atoms with Crippen molar-refractivity contribution in [2.75, 3.05) is 11.9 Å². The summed E-state index contributed by atoms with van der Waals surface area (Å²) in [6.07, 6.45) is 5.48. The fraction of sp³-hybridized carbons (Fsp3) is 0.286. The van der Waals surface area contributed by atoms with Crippen LogP contribution in [0.1, 0.15) is 41.3 Å². The van der Waals surface area contributed by atoms with Gasteiger partial charge in [-0.2, -0.15) is 10.5 Å². The first-order valence-electron chi connectivity index (χ1n) is 8.87. The molecule has 1 aliphatic rings. The van der Waals surface area contributed by atoms with Gasteiger partial charge in [0.1, 0.15) is 28.5 Å². The number of nitrogens with zero attached hydrogens (tertiary/aromatic N) is 2. The summed E-state index contributed by atoms with van der Waals surface area (Å²) in [5, 5.41) is 22.3. The van der Waals surface area contributed by atoms with Crippen LogP contribution >= 0.6 is 11.3 Å². The summed E-state index contributed by atoms with van der Waals surface area (Å²) in [4.78, 5) is 13.8. The predicted octanol–water partition coefficient (Wildman–Crippen LogP) is 4.44. The lowest BCUT2D eigenvalue weighted by Crippen LogP contribution is -2.13. The predicted molar refractivity (Wildman–Crippen MR) is 106 cm³/mol. The largest absolute Gasteiger partial charge is 0.493 e. The fourth-order valence-corrected chi connectivity index (χ4v) is 4.37. The standard InChI is InChI=1S/C21H19N3O2S/c1-2-26-18-9-5-3-7-14(18)11-15(12-22)20(25)24-21-17(13-23)16-8-4-6-10-19(16)27-21/h3,5,7,9,11H,2,4,6,8,10H2,1H3,(H,24,25). The number of nitrogens with one attached hydrogen (secondary N) is 1. The average molecular weight is 377 g/mol. The van der Waals surface area contributed by atoms with Crippen molar-refractivity contribution in [1.82, 2.24) is 0 Å². The second-order valence-corrected chi connectivity index (χ2v) is 7.23. The van der Waals surface area contributed by atoms with Crippen LogP contribution in [0.25, 0.3) is 6.08 Å². The molecule has 1 aromatic heterocycles. The molecule has 1 aliphatic carbocycles. The van der Waals surface area contributed by atoms with E-state index in [0.29, 0.717) is 28.5 Å². The molecule has 136 valence electrons. The molecule has 2 aromatic rings. The van der Waals surface area contributed by atoms with Crippen molar-refractivity contribution >= 4 is 28.3 Å². The highest BCUT2D eigenvalue weighted by Crippen LogP contribution is 2.37. The number of hydrogen-bond acceptors (Lipinski definition) is 5. The SMILES string of the molecule is CCOc1ccccc1C=C(C#N)C(=O)Nc1sc2c(c1C#N)CCCC2. The maximum atomic E-state index is 12.7. The Bertz CT molecular complexity index is 976. The summed E-state index contributed by atoms with van der Waals surface area (Å²) in [6, 6.07) is 11.4. The Morgan fingerprint density at radius 3 is 2.81 bits per heavy atom. The molecular weight excluding hydrogens is 358 g/mol. The molecule has 1 N–H and O–H groups in total. The highest BCUT2D eigenvalue weighted by atomic mass is 32.1. The molecule has 0 unspecified atom stereocenters. The first-order chi connectivity index (χ1) is 13.2. The van der Waals surface area contributed by atoms with E-state index in [9.17, 15) is 15.3 Å². The normalized spacial score (nSPS) is 13.2. The summed E-state index contributed by atoms with van der Waals surface area (Å²) in [5.41, 5.74) is 2.22. The van der Waals surface area contributed by atoms with Crippen LogP contribution in [0.4, 0.5) is 5.00 Å². The number of rotatable bonds is 5. The molecule has 0 saturated heterocycles. The van der Waals surface area contributed by atoms with Crippen LogP contribution in [0.5, 0.6) is 5.75 Å². The Labute approximate surface area is 162 Å². The maximum Gasteiger partial charge on any atom is 0.266 e. The van der Waals surface area contributed by atoms with Crippen LogP contribution in [0.15, 0.2) is 29.8 Å². The molecule has 1 aromatic carbocycles. The number of hydrogen-bond donors (Lipinski definition) is 1. The number of para-hydroxylation sites is 1. The number of carbonyl (C=O) groups is 1. The van der Waals surface area contributed by atoms with Gasteiger partial charge >= 0.3 is 0 Å². The van der Waals surface area contributed by atoms with Crippen LogP contribution in [0.3, 0.4) is 0 Å². The highest BCUT2D eigenvalue weighted by molar-refractivity contribution is 7.16. The van der Waals surface area contributed by atoms with Crippen LogP contribution in [-0.4, -0.2) is 12.5 Å². The molecule has 27 heavy (non-hydrogen) atoms. The maximum absolute atomic E-state index is 12.7. The molecule has 0 radical (unpaired) electrons. The topological polar surface area (TPSA) is 85.9 Å². The van der Waals surface area contributed by atoms with Crippen molar-refractivity contribution in [3.63, 3.8) is 0 Å². The lowest BCUT2D eigenvalue weighted by atomic mass is 9.96. The first kappa shape index (κ1) is 18.7. The minimum atomic E-state index is -0.515. The molecule has 1 amide bonds. The second-order valence-electron chi connectivity index (χ2n) is 6.12. The van der Waals surface area contributed by atoms with E-state index in [1.807, 2.05) is 25.1 Å². The molecule has 0 fully saturated rings. The van der Waals surface area contributed by atoms with Gasteiger partial charge < -0.3 is 10.1 Å². The van der Waals surface area contributed by atoms with Gasteiger partial charge in [-0.05, 0) is 50.3 Å². The van der Waals surface area contributed by atoms with E-state index in [-0.39, 0.29) is 5.57 Å². The summed E-state index contributed by atoms with van der Waals surface area (Å²) < 4.78 is 5.55. The van der Waals surface area contributed by atoms with Crippen molar-refractivity contribution in [3.05, 3.63) is 51.4 Å². The fourth-order valence-electron chi connectivity index (χ4n) is 3.13. The quantitative estimate of drug-likeness (QED) is 0.616. The van der Waals surface area contributed by atoms with Crippen molar-refractivity contribution in [2.45, 2.75) is 32.6 Å². The zero-order valence-electron chi connectivity index (χ0n) is 15.0. The third-order valence-electron chi connectivity index (χ3n) is 4.39. The second kappa shape index (κ2) is 8.53. The van der Waals surface area contributed by atoms with Crippen LogP contribution in [0.2, 0.25) is 0 Å². The highest BCUT2D eigenvalue weighted by Gasteiger charge is 2.22. The molecule has 3 rings (SSSR count). The van der Waals surface area contributed by atoms with Crippen molar-refractivity contribution in [2.24, 2.45) is 0 Å². The number of amides is 1. The number of nitriles is 2. The van der Waals surface area contributed by atoms with E-state index >= 15 is 0 Å². The Morgan fingerprint density at radius 1 is 1.30 bits per heavy atom. The number of aryl methyl sites for hydroxylation is 1. The zero-order chi connectivity index (χ0) is 19.2. The lowest BCUT2D eigenvalue weighted by Gasteiger charge is -2.09. The number of carbonyl (C=O) groups excluding carboxylic acids is 1. The van der Waals surface area contributed by atoms with E-state index in [1.165, 1.54) is 17.4 Å².